The summed E-state index contributed by atoms with van der Waals surface area (Å²) in [5.41, 5.74) is 1.02. The second-order valence-electron chi connectivity index (χ2n) is 3.73. The van der Waals surface area contributed by atoms with Crippen LogP contribution in [0.5, 0.6) is 0 Å². The zero-order valence-corrected chi connectivity index (χ0v) is 10.3. The van der Waals surface area contributed by atoms with Crippen molar-refractivity contribution in [3.63, 3.8) is 0 Å². The molecule has 2 aromatic rings. The summed E-state index contributed by atoms with van der Waals surface area (Å²) in [4.78, 5) is 15.9. The van der Waals surface area contributed by atoms with Gasteiger partial charge in [-0.2, -0.15) is 4.73 Å². The van der Waals surface area contributed by atoms with E-state index in [0.29, 0.717) is 15.6 Å². The van der Waals surface area contributed by atoms with Crippen LogP contribution in [0.15, 0.2) is 36.8 Å². The normalized spacial score (nSPS) is 10.1. The van der Waals surface area contributed by atoms with E-state index in [0.717, 1.165) is 5.56 Å². The van der Waals surface area contributed by atoms with Gasteiger partial charge in [-0.3, -0.25) is 4.79 Å². The summed E-state index contributed by atoms with van der Waals surface area (Å²) in [7, 11) is 0. The van der Waals surface area contributed by atoms with E-state index in [4.69, 9.17) is 11.6 Å². The molecule has 2 aromatic heterocycles. The molecule has 0 aliphatic heterocycles. The van der Waals surface area contributed by atoms with Crippen LogP contribution in [-0.4, -0.2) is 10.9 Å². The van der Waals surface area contributed by atoms with Crippen LogP contribution in [0.2, 0.25) is 5.02 Å². The van der Waals surface area contributed by atoms with Crippen LogP contribution in [0.25, 0.3) is 0 Å². The number of halogens is 1. The molecular weight excluding hydrogens is 254 g/mol. The largest absolute Gasteiger partial charge is 0.619 e. The summed E-state index contributed by atoms with van der Waals surface area (Å²) in [5.74, 6) is 0.0313. The zero-order chi connectivity index (χ0) is 13.1. The molecule has 0 radical (unpaired) electrons. The molecule has 0 atom stereocenters. The number of nitrogens with one attached hydrogen (secondary N) is 1. The number of nitrogens with zero attached hydrogens (tertiary/aromatic N) is 2. The number of carbonyl (C=O) groups excluding carboxylic acids is 1. The minimum absolute atomic E-state index is 0.267. The molecule has 2 rings (SSSR count). The lowest BCUT2D eigenvalue weighted by atomic mass is 10.2. The highest BCUT2D eigenvalue weighted by atomic mass is 35.5. The number of pyridine rings is 2. The van der Waals surface area contributed by atoms with Gasteiger partial charge in [0.25, 0.3) is 5.91 Å². The van der Waals surface area contributed by atoms with Crippen molar-refractivity contribution in [2.45, 2.75) is 6.92 Å². The SMILES string of the molecule is Cc1cc(Cl)cnc1NC(=O)c1ccc[n+]([O-])c1. The van der Waals surface area contributed by atoms with E-state index in [2.05, 4.69) is 10.3 Å². The Kier molecular flexibility index (Phi) is 3.43. The zero-order valence-electron chi connectivity index (χ0n) is 9.55. The molecule has 0 aliphatic carbocycles. The van der Waals surface area contributed by atoms with Crippen LogP contribution in [0.4, 0.5) is 5.82 Å². The first-order chi connectivity index (χ1) is 8.56. The Labute approximate surface area is 109 Å². The van der Waals surface area contributed by atoms with E-state index < -0.39 is 5.91 Å². The van der Waals surface area contributed by atoms with Crippen molar-refractivity contribution in [3.05, 3.63) is 58.1 Å². The molecule has 0 saturated heterocycles. The molecule has 5 nitrogen and oxygen atoms in total. The first kappa shape index (κ1) is 12.3. The molecule has 0 spiro atoms. The molecule has 2 heterocycles. The molecule has 6 heteroatoms. The maximum absolute atomic E-state index is 11.9. The lowest BCUT2D eigenvalue weighted by Gasteiger charge is -2.07. The second kappa shape index (κ2) is 5.01. The van der Waals surface area contributed by atoms with E-state index in [-0.39, 0.29) is 5.56 Å². The number of aromatic nitrogens is 2. The Morgan fingerprint density at radius 3 is 3.00 bits per heavy atom. The summed E-state index contributed by atoms with van der Waals surface area (Å²) in [5, 5.41) is 14.2. The Hall–Kier alpha value is -2.14. The fraction of sp³-hybridized carbons (Fsp3) is 0.0833. The molecule has 0 bridgehead atoms. The average molecular weight is 264 g/mol. The van der Waals surface area contributed by atoms with Crippen LogP contribution in [0.1, 0.15) is 15.9 Å². The van der Waals surface area contributed by atoms with Gasteiger partial charge in [0, 0.05) is 12.3 Å². The van der Waals surface area contributed by atoms with Gasteiger partial charge >= 0.3 is 0 Å². The topological polar surface area (TPSA) is 68.9 Å². The monoisotopic (exact) mass is 263 g/mol. The van der Waals surface area contributed by atoms with Gasteiger partial charge in [0.2, 0.25) is 0 Å². The van der Waals surface area contributed by atoms with Crippen molar-refractivity contribution < 1.29 is 9.52 Å². The summed E-state index contributed by atoms with van der Waals surface area (Å²) in [6.45, 7) is 1.78. The molecule has 1 N–H and O–H groups in total. The molecule has 18 heavy (non-hydrogen) atoms. The van der Waals surface area contributed by atoms with E-state index in [1.54, 1.807) is 19.1 Å². The van der Waals surface area contributed by atoms with Gasteiger partial charge in [-0.15, -0.1) is 0 Å². The van der Waals surface area contributed by atoms with Crippen molar-refractivity contribution in [1.82, 2.24) is 4.98 Å². The Bertz CT molecular complexity index is 602. The fourth-order valence-corrected chi connectivity index (χ4v) is 1.65. The van der Waals surface area contributed by atoms with E-state index in [1.165, 1.54) is 24.7 Å². The highest BCUT2D eigenvalue weighted by Gasteiger charge is 2.11. The highest BCUT2D eigenvalue weighted by Crippen LogP contribution is 2.16. The summed E-state index contributed by atoms with van der Waals surface area (Å²) in [6, 6.07) is 4.75. The maximum atomic E-state index is 11.9. The molecule has 92 valence electrons. The van der Waals surface area contributed by atoms with Crippen molar-refractivity contribution in [3.8, 4) is 0 Å². The average Bonchev–Trinajstić information content (AvgIpc) is 2.32. The van der Waals surface area contributed by atoms with E-state index in [9.17, 15) is 10.0 Å². The number of hydrogen-bond acceptors (Lipinski definition) is 3. The highest BCUT2D eigenvalue weighted by molar-refractivity contribution is 6.30. The molecule has 0 aromatic carbocycles. The summed E-state index contributed by atoms with van der Waals surface area (Å²) >= 11 is 5.77. The number of anilines is 1. The van der Waals surface area contributed by atoms with Gasteiger partial charge in [0.05, 0.1) is 5.02 Å². The van der Waals surface area contributed by atoms with Gasteiger partial charge in [0.1, 0.15) is 11.4 Å². The number of rotatable bonds is 2. The minimum atomic E-state index is -0.391. The Morgan fingerprint density at radius 1 is 1.56 bits per heavy atom. The van der Waals surface area contributed by atoms with Gasteiger partial charge in [-0.05, 0) is 24.6 Å². The van der Waals surface area contributed by atoms with Crippen LogP contribution >= 0.6 is 11.6 Å². The van der Waals surface area contributed by atoms with Crippen LogP contribution < -0.4 is 10.0 Å². The molecule has 0 unspecified atom stereocenters. The maximum Gasteiger partial charge on any atom is 0.262 e. The van der Waals surface area contributed by atoms with Crippen molar-refractivity contribution in [2.24, 2.45) is 0 Å². The lowest BCUT2D eigenvalue weighted by molar-refractivity contribution is -0.605. The van der Waals surface area contributed by atoms with Gasteiger partial charge in [0.15, 0.2) is 12.4 Å². The van der Waals surface area contributed by atoms with Crippen molar-refractivity contribution >= 4 is 23.3 Å². The first-order valence-corrected chi connectivity index (χ1v) is 5.56. The predicted octanol–water partition coefficient (Wildman–Crippen LogP) is 1.93. The molecule has 0 aliphatic rings. The minimum Gasteiger partial charge on any atom is -0.619 e. The predicted molar refractivity (Wildman–Crippen MR) is 67.3 cm³/mol. The number of hydrogen-bond donors (Lipinski definition) is 1. The number of aryl methyl sites for hydroxylation is 1. The molecule has 1 amide bonds. The Morgan fingerprint density at radius 2 is 2.33 bits per heavy atom. The third kappa shape index (κ3) is 2.75. The first-order valence-electron chi connectivity index (χ1n) is 5.18. The molecule has 0 saturated carbocycles. The van der Waals surface area contributed by atoms with Gasteiger partial charge in [-0.1, -0.05) is 11.6 Å². The van der Waals surface area contributed by atoms with Crippen LogP contribution in [0.3, 0.4) is 0 Å². The number of amides is 1. The standard InChI is InChI=1S/C12H10ClN3O2/c1-8-5-10(13)6-14-11(8)15-12(17)9-3-2-4-16(18)7-9/h2-7H,1H3,(H,14,15,17). The number of carbonyl (C=O) groups is 1. The van der Waals surface area contributed by atoms with Crippen LogP contribution in [0, 0.1) is 12.1 Å². The third-order valence-corrected chi connectivity index (χ3v) is 2.52. The summed E-state index contributed by atoms with van der Waals surface area (Å²) in [6.07, 6.45) is 3.95. The van der Waals surface area contributed by atoms with Crippen molar-refractivity contribution in [2.75, 3.05) is 5.32 Å². The van der Waals surface area contributed by atoms with E-state index >= 15 is 0 Å². The van der Waals surface area contributed by atoms with Crippen molar-refractivity contribution in [1.29, 1.82) is 0 Å². The van der Waals surface area contributed by atoms with Gasteiger partial charge in [-0.25, -0.2) is 4.98 Å². The van der Waals surface area contributed by atoms with Crippen LogP contribution in [-0.2, 0) is 0 Å². The van der Waals surface area contributed by atoms with E-state index in [1.807, 2.05) is 0 Å². The van der Waals surface area contributed by atoms with Gasteiger partial charge < -0.3 is 10.5 Å². The summed E-state index contributed by atoms with van der Waals surface area (Å²) < 4.78 is 0.567. The smallest absolute Gasteiger partial charge is 0.262 e. The lowest BCUT2D eigenvalue weighted by Crippen LogP contribution is -2.27. The second-order valence-corrected chi connectivity index (χ2v) is 4.16. The molecule has 0 fully saturated rings. The molecular formula is C12H10ClN3O2. The quantitative estimate of drug-likeness (QED) is 0.665. The third-order valence-electron chi connectivity index (χ3n) is 2.31. The fourth-order valence-electron chi connectivity index (χ4n) is 1.44. The Balaban J connectivity index is 2.21.